The van der Waals surface area contributed by atoms with Crippen LogP contribution in [0.4, 0.5) is 5.69 Å². The zero-order valence-corrected chi connectivity index (χ0v) is 13.2. The van der Waals surface area contributed by atoms with Crippen LogP contribution < -0.4 is 15.4 Å². The van der Waals surface area contributed by atoms with Crippen molar-refractivity contribution in [3.05, 3.63) is 23.8 Å². The molecule has 1 aromatic carbocycles. The maximum Gasteiger partial charge on any atom is 0.227 e. The van der Waals surface area contributed by atoms with Crippen LogP contribution in [0.1, 0.15) is 38.7 Å². The quantitative estimate of drug-likeness (QED) is 0.876. The summed E-state index contributed by atoms with van der Waals surface area (Å²) in [6.45, 7) is 7.85. The van der Waals surface area contributed by atoms with E-state index in [2.05, 4.69) is 24.5 Å². The molecule has 0 radical (unpaired) electrons. The molecule has 0 bridgehead atoms. The first kappa shape index (κ1) is 15.8. The second-order valence-corrected chi connectivity index (χ2v) is 5.89. The number of benzene rings is 1. The number of piperidine rings is 1. The summed E-state index contributed by atoms with van der Waals surface area (Å²) in [4.78, 5) is 12.4. The van der Waals surface area contributed by atoms with Crippen LogP contribution >= 0.6 is 0 Å². The third kappa shape index (κ3) is 4.46. The normalized spacial score (nSPS) is 21.9. The van der Waals surface area contributed by atoms with Gasteiger partial charge in [0.25, 0.3) is 0 Å². The summed E-state index contributed by atoms with van der Waals surface area (Å²) in [6, 6.07) is 6.25. The summed E-state index contributed by atoms with van der Waals surface area (Å²) in [6.07, 6.45) is 2.81. The molecule has 1 aromatic rings. The maximum atomic E-state index is 12.4. The number of carbonyl (C=O) groups excluding carboxylic acids is 1. The Bertz CT molecular complexity index is 488. The van der Waals surface area contributed by atoms with Crippen LogP contribution in [0, 0.1) is 12.8 Å². The van der Waals surface area contributed by atoms with Crippen molar-refractivity contribution >= 4 is 11.6 Å². The van der Waals surface area contributed by atoms with Crippen LogP contribution in [0.15, 0.2) is 18.2 Å². The molecule has 2 rings (SSSR count). The number of ether oxygens (including phenoxy) is 1. The summed E-state index contributed by atoms with van der Waals surface area (Å²) in [5.74, 6) is 1.10. The molecule has 21 heavy (non-hydrogen) atoms. The molecule has 4 heteroatoms. The lowest BCUT2D eigenvalue weighted by molar-refractivity contribution is -0.120. The van der Waals surface area contributed by atoms with Gasteiger partial charge in [0.1, 0.15) is 5.75 Å². The monoisotopic (exact) mass is 290 g/mol. The lowest BCUT2D eigenvalue weighted by Gasteiger charge is -2.27. The highest BCUT2D eigenvalue weighted by Crippen LogP contribution is 2.24. The Balaban J connectivity index is 1.97. The van der Waals surface area contributed by atoms with Crippen LogP contribution in [0.3, 0.4) is 0 Å². The molecule has 4 nitrogen and oxygen atoms in total. The third-order valence-electron chi connectivity index (χ3n) is 3.92. The van der Waals surface area contributed by atoms with Gasteiger partial charge in [0.2, 0.25) is 5.91 Å². The average molecular weight is 290 g/mol. The Hall–Kier alpha value is -1.55. The van der Waals surface area contributed by atoms with Crippen LogP contribution in [-0.4, -0.2) is 25.1 Å². The van der Waals surface area contributed by atoms with Crippen molar-refractivity contribution in [3.63, 3.8) is 0 Å². The summed E-state index contributed by atoms with van der Waals surface area (Å²) >= 11 is 0. The van der Waals surface area contributed by atoms with Gasteiger partial charge in [-0.3, -0.25) is 4.79 Å². The van der Waals surface area contributed by atoms with Gasteiger partial charge >= 0.3 is 0 Å². The van der Waals surface area contributed by atoms with Crippen molar-refractivity contribution in [2.45, 2.75) is 46.1 Å². The van der Waals surface area contributed by atoms with Crippen molar-refractivity contribution in [2.75, 3.05) is 18.5 Å². The number of nitrogens with one attached hydrogen (secondary N) is 2. The molecule has 0 aliphatic carbocycles. The minimum atomic E-state index is 0.108. The van der Waals surface area contributed by atoms with Gasteiger partial charge in [0, 0.05) is 17.6 Å². The zero-order chi connectivity index (χ0) is 15.2. The van der Waals surface area contributed by atoms with Gasteiger partial charge in [-0.1, -0.05) is 6.92 Å². The van der Waals surface area contributed by atoms with E-state index in [0.717, 1.165) is 49.4 Å². The Labute approximate surface area is 127 Å². The molecular weight excluding hydrogens is 264 g/mol. The number of anilines is 1. The third-order valence-corrected chi connectivity index (χ3v) is 3.92. The Morgan fingerprint density at radius 1 is 1.48 bits per heavy atom. The molecule has 0 aromatic heterocycles. The molecule has 1 aliphatic heterocycles. The number of amides is 1. The first-order valence-corrected chi connectivity index (χ1v) is 7.88. The van der Waals surface area contributed by atoms with Gasteiger partial charge in [-0.05, 0) is 63.4 Å². The fourth-order valence-electron chi connectivity index (χ4n) is 2.69. The van der Waals surface area contributed by atoms with Crippen LogP contribution in [0.5, 0.6) is 5.75 Å². The molecule has 1 heterocycles. The van der Waals surface area contributed by atoms with Gasteiger partial charge < -0.3 is 15.4 Å². The summed E-state index contributed by atoms with van der Waals surface area (Å²) in [7, 11) is 0. The highest BCUT2D eigenvalue weighted by Gasteiger charge is 2.24. The van der Waals surface area contributed by atoms with E-state index in [0.29, 0.717) is 6.04 Å². The average Bonchev–Trinajstić information content (AvgIpc) is 2.47. The standard InChI is InChI=1S/C17H26N2O2/c1-4-9-21-15-5-6-16(12(2)10-15)19-17(20)14-7-8-18-13(3)11-14/h5-6,10,13-14,18H,4,7-9,11H2,1-3H3,(H,19,20)/t13-,14-/m0/s1. The first-order valence-electron chi connectivity index (χ1n) is 7.88. The van der Waals surface area contributed by atoms with Gasteiger partial charge in [-0.2, -0.15) is 0 Å². The van der Waals surface area contributed by atoms with Crippen molar-refractivity contribution in [3.8, 4) is 5.75 Å². The number of hydrogen-bond donors (Lipinski definition) is 2. The summed E-state index contributed by atoms with van der Waals surface area (Å²) in [5, 5.41) is 6.43. The maximum absolute atomic E-state index is 12.4. The molecule has 0 saturated carbocycles. The van der Waals surface area contributed by atoms with Crippen molar-refractivity contribution in [1.82, 2.24) is 5.32 Å². The van der Waals surface area contributed by atoms with Crippen LogP contribution in [0.2, 0.25) is 0 Å². The van der Waals surface area contributed by atoms with Crippen molar-refractivity contribution in [2.24, 2.45) is 5.92 Å². The Morgan fingerprint density at radius 2 is 2.29 bits per heavy atom. The van der Waals surface area contributed by atoms with Gasteiger partial charge in [0.15, 0.2) is 0 Å². The van der Waals surface area contributed by atoms with Crippen LogP contribution in [0.25, 0.3) is 0 Å². The van der Waals surface area contributed by atoms with E-state index in [1.54, 1.807) is 0 Å². The smallest absolute Gasteiger partial charge is 0.227 e. The largest absolute Gasteiger partial charge is 0.494 e. The minimum Gasteiger partial charge on any atom is -0.494 e. The molecular formula is C17H26N2O2. The molecule has 1 amide bonds. The molecule has 0 unspecified atom stereocenters. The van der Waals surface area contributed by atoms with Gasteiger partial charge in [-0.15, -0.1) is 0 Å². The fourth-order valence-corrected chi connectivity index (χ4v) is 2.69. The predicted octanol–water partition coefficient (Wildman–Crippen LogP) is 3.11. The van der Waals surface area contributed by atoms with E-state index < -0.39 is 0 Å². The molecule has 116 valence electrons. The number of carbonyl (C=O) groups is 1. The molecule has 1 aliphatic rings. The van der Waals surface area contributed by atoms with E-state index in [9.17, 15) is 4.79 Å². The van der Waals surface area contributed by atoms with E-state index >= 15 is 0 Å². The second kappa shape index (κ2) is 7.46. The SMILES string of the molecule is CCCOc1ccc(NC(=O)[C@H]2CCN[C@@H](C)C2)c(C)c1. The Morgan fingerprint density at radius 3 is 2.95 bits per heavy atom. The van der Waals surface area contributed by atoms with E-state index in [1.807, 2.05) is 25.1 Å². The van der Waals surface area contributed by atoms with Gasteiger partial charge in [-0.25, -0.2) is 0 Å². The van der Waals surface area contributed by atoms with E-state index in [4.69, 9.17) is 4.74 Å². The Kier molecular flexibility index (Phi) is 5.62. The molecule has 1 fully saturated rings. The lowest BCUT2D eigenvalue weighted by atomic mass is 9.92. The molecule has 0 spiro atoms. The second-order valence-electron chi connectivity index (χ2n) is 5.89. The highest BCUT2D eigenvalue weighted by atomic mass is 16.5. The van der Waals surface area contributed by atoms with Gasteiger partial charge in [0.05, 0.1) is 6.61 Å². The van der Waals surface area contributed by atoms with E-state index in [1.165, 1.54) is 0 Å². The number of aryl methyl sites for hydroxylation is 1. The van der Waals surface area contributed by atoms with Crippen LogP contribution in [-0.2, 0) is 4.79 Å². The molecule has 2 atom stereocenters. The molecule has 2 N–H and O–H groups in total. The van der Waals surface area contributed by atoms with Crippen molar-refractivity contribution in [1.29, 1.82) is 0 Å². The fraction of sp³-hybridized carbons (Fsp3) is 0.588. The molecule has 1 saturated heterocycles. The topological polar surface area (TPSA) is 50.4 Å². The lowest BCUT2D eigenvalue weighted by Crippen LogP contribution is -2.40. The van der Waals surface area contributed by atoms with Crippen molar-refractivity contribution < 1.29 is 9.53 Å². The number of hydrogen-bond acceptors (Lipinski definition) is 3. The summed E-state index contributed by atoms with van der Waals surface area (Å²) in [5.41, 5.74) is 1.92. The number of rotatable bonds is 5. The highest BCUT2D eigenvalue weighted by molar-refractivity contribution is 5.93. The van der Waals surface area contributed by atoms with E-state index in [-0.39, 0.29) is 11.8 Å². The zero-order valence-electron chi connectivity index (χ0n) is 13.2. The summed E-state index contributed by atoms with van der Waals surface area (Å²) < 4.78 is 5.61. The minimum absolute atomic E-state index is 0.108. The first-order chi connectivity index (χ1) is 10.1. The predicted molar refractivity (Wildman–Crippen MR) is 85.8 cm³/mol.